The van der Waals surface area contributed by atoms with Crippen LogP contribution in [0.1, 0.15) is 15.9 Å². The second kappa shape index (κ2) is 3.56. The van der Waals surface area contributed by atoms with Crippen molar-refractivity contribution in [2.75, 3.05) is 7.11 Å². The number of fused-ring (bicyclic) bond motifs is 1. The quantitative estimate of drug-likeness (QED) is 0.842. The summed E-state index contributed by atoms with van der Waals surface area (Å²) in [6.07, 6.45) is 1.61. The lowest BCUT2D eigenvalue weighted by atomic mass is 10.1. The Bertz CT molecular complexity index is 569. The van der Waals surface area contributed by atoms with Crippen LogP contribution in [0, 0.1) is 6.92 Å². The number of ether oxygens (including phenoxy) is 1. The lowest BCUT2D eigenvalue weighted by molar-refractivity contribution is 0.0699. The van der Waals surface area contributed by atoms with Crippen molar-refractivity contribution in [3.63, 3.8) is 0 Å². The van der Waals surface area contributed by atoms with E-state index in [0.717, 1.165) is 16.5 Å². The van der Waals surface area contributed by atoms with E-state index in [2.05, 4.69) is 0 Å². The average Bonchev–Trinajstić information content (AvgIpc) is 2.59. The Hall–Kier alpha value is -1.97. The molecule has 0 saturated heterocycles. The maximum atomic E-state index is 11.1. The molecule has 0 saturated carbocycles. The SMILES string of the molecule is COc1ccc(C)c2c(C(=O)O)cn(C)c12. The zero-order valence-corrected chi connectivity index (χ0v) is 9.44. The summed E-state index contributed by atoms with van der Waals surface area (Å²) in [6.45, 7) is 1.90. The minimum atomic E-state index is -0.915. The molecule has 0 radical (unpaired) electrons. The largest absolute Gasteiger partial charge is 0.495 e. The second-order valence-electron chi connectivity index (χ2n) is 3.77. The maximum Gasteiger partial charge on any atom is 0.337 e. The number of nitrogens with zero attached hydrogens (tertiary/aromatic N) is 1. The zero-order valence-electron chi connectivity index (χ0n) is 9.44. The lowest BCUT2D eigenvalue weighted by Gasteiger charge is -2.06. The zero-order chi connectivity index (χ0) is 11.9. The minimum absolute atomic E-state index is 0.314. The summed E-state index contributed by atoms with van der Waals surface area (Å²) in [5.41, 5.74) is 2.07. The van der Waals surface area contributed by atoms with E-state index in [1.165, 1.54) is 0 Å². The van der Waals surface area contributed by atoms with Crippen molar-refractivity contribution in [1.82, 2.24) is 4.57 Å². The molecular formula is C12H13NO3. The van der Waals surface area contributed by atoms with E-state index in [4.69, 9.17) is 9.84 Å². The molecule has 1 aromatic carbocycles. The van der Waals surface area contributed by atoms with E-state index in [9.17, 15) is 4.79 Å². The third-order valence-corrected chi connectivity index (χ3v) is 2.74. The molecule has 4 heteroatoms. The van der Waals surface area contributed by atoms with E-state index >= 15 is 0 Å². The highest BCUT2D eigenvalue weighted by molar-refractivity contribution is 6.06. The van der Waals surface area contributed by atoms with Crippen molar-refractivity contribution in [1.29, 1.82) is 0 Å². The van der Waals surface area contributed by atoms with Crippen molar-refractivity contribution in [3.8, 4) is 5.75 Å². The van der Waals surface area contributed by atoms with Crippen LogP contribution in [-0.4, -0.2) is 22.8 Å². The summed E-state index contributed by atoms with van der Waals surface area (Å²) in [4.78, 5) is 11.1. The predicted octanol–water partition coefficient (Wildman–Crippen LogP) is 2.19. The number of hydrogen-bond donors (Lipinski definition) is 1. The first-order chi connectivity index (χ1) is 7.56. The standard InChI is InChI=1S/C12H13NO3/c1-7-4-5-9(16-3)11-10(7)8(12(14)15)6-13(11)2/h4-6H,1-3H3,(H,14,15). The van der Waals surface area contributed by atoms with Crippen LogP contribution in [0.15, 0.2) is 18.3 Å². The topological polar surface area (TPSA) is 51.5 Å². The lowest BCUT2D eigenvalue weighted by Crippen LogP contribution is -1.95. The Labute approximate surface area is 93.1 Å². The van der Waals surface area contributed by atoms with Crippen molar-refractivity contribution < 1.29 is 14.6 Å². The van der Waals surface area contributed by atoms with Gasteiger partial charge in [0.15, 0.2) is 0 Å². The third kappa shape index (κ3) is 1.34. The number of benzene rings is 1. The molecule has 0 atom stereocenters. The molecular weight excluding hydrogens is 206 g/mol. The predicted molar refractivity (Wildman–Crippen MR) is 61.2 cm³/mol. The van der Waals surface area contributed by atoms with Gasteiger partial charge < -0.3 is 14.4 Å². The van der Waals surface area contributed by atoms with Gasteiger partial charge in [0.25, 0.3) is 0 Å². The first-order valence-electron chi connectivity index (χ1n) is 4.92. The van der Waals surface area contributed by atoms with Gasteiger partial charge in [-0.2, -0.15) is 0 Å². The van der Waals surface area contributed by atoms with E-state index in [-0.39, 0.29) is 0 Å². The van der Waals surface area contributed by atoms with Crippen LogP contribution in [0.3, 0.4) is 0 Å². The number of methoxy groups -OCH3 is 1. The van der Waals surface area contributed by atoms with Gasteiger partial charge in [0.1, 0.15) is 5.75 Å². The van der Waals surface area contributed by atoms with Crippen molar-refractivity contribution in [2.45, 2.75) is 6.92 Å². The van der Waals surface area contributed by atoms with E-state index in [0.29, 0.717) is 11.3 Å². The van der Waals surface area contributed by atoms with Gasteiger partial charge in [-0.3, -0.25) is 0 Å². The van der Waals surface area contributed by atoms with Gasteiger partial charge in [0.05, 0.1) is 18.2 Å². The molecule has 0 aliphatic carbocycles. The summed E-state index contributed by atoms with van der Waals surface area (Å²) in [5, 5.41) is 9.87. The highest BCUT2D eigenvalue weighted by Gasteiger charge is 2.17. The molecule has 2 aromatic rings. The molecule has 0 fully saturated rings. The smallest absolute Gasteiger partial charge is 0.337 e. The van der Waals surface area contributed by atoms with Crippen LogP contribution in [0.5, 0.6) is 5.75 Å². The average molecular weight is 219 g/mol. The van der Waals surface area contributed by atoms with Crippen molar-refractivity contribution >= 4 is 16.9 Å². The van der Waals surface area contributed by atoms with Gasteiger partial charge >= 0.3 is 5.97 Å². The molecule has 0 aliphatic heterocycles. The Morgan fingerprint density at radius 3 is 2.69 bits per heavy atom. The number of carboxylic acid groups (broad SMARTS) is 1. The fourth-order valence-corrected chi connectivity index (χ4v) is 2.01. The number of aryl methyl sites for hydroxylation is 2. The molecule has 1 aromatic heterocycles. The van der Waals surface area contributed by atoms with Crippen LogP contribution < -0.4 is 4.74 Å². The summed E-state index contributed by atoms with van der Waals surface area (Å²) in [7, 11) is 3.40. The Kier molecular flexibility index (Phi) is 2.34. The van der Waals surface area contributed by atoms with Crippen LogP contribution in [-0.2, 0) is 7.05 Å². The molecule has 1 heterocycles. The van der Waals surface area contributed by atoms with Gasteiger partial charge in [-0.05, 0) is 18.6 Å². The van der Waals surface area contributed by atoms with Gasteiger partial charge in [0.2, 0.25) is 0 Å². The fourth-order valence-electron chi connectivity index (χ4n) is 2.01. The maximum absolute atomic E-state index is 11.1. The highest BCUT2D eigenvalue weighted by Crippen LogP contribution is 2.31. The van der Waals surface area contributed by atoms with E-state index < -0.39 is 5.97 Å². The Morgan fingerprint density at radius 2 is 2.12 bits per heavy atom. The molecule has 4 nitrogen and oxygen atoms in total. The fraction of sp³-hybridized carbons (Fsp3) is 0.250. The van der Waals surface area contributed by atoms with Gasteiger partial charge in [0, 0.05) is 18.6 Å². The number of carboxylic acids is 1. The van der Waals surface area contributed by atoms with Crippen LogP contribution in [0.2, 0.25) is 0 Å². The Morgan fingerprint density at radius 1 is 1.44 bits per heavy atom. The Balaban J connectivity index is 2.94. The second-order valence-corrected chi connectivity index (χ2v) is 3.77. The molecule has 84 valence electrons. The number of aromatic carboxylic acids is 1. The van der Waals surface area contributed by atoms with Crippen molar-refractivity contribution in [3.05, 3.63) is 29.5 Å². The number of rotatable bonds is 2. The monoisotopic (exact) mass is 219 g/mol. The molecule has 0 aliphatic rings. The van der Waals surface area contributed by atoms with Crippen molar-refractivity contribution in [2.24, 2.45) is 7.05 Å². The molecule has 2 rings (SSSR count). The number of carbonyl (C=O) groups is 1. The molecule has 1 N–H and O–H groups in total. The molecule has 0 bridgehead atoms. The van der Waals surface area contributed by atoms with Crippen LogP contribution in [0.25, 0.3) is 10.9 Å². The first-order valence-corrected chi connectivity index (χ1v) is 4.92. The first kappa shape index (κ1) is 10.5. The normalized spacial score (nSPS) is 10.7. The van der Waals surface area contributed by atoms with Crippen LogP contribution >= 0.6 is 0 Å². The van der Waals surface area contributed by atoms with Gasteiger partial charge in [-0.25, -0.2) is 4.79 Å². The van der Waals surface area contributed by atoms with E-state index in [1.807, 2.05) is 26.1 Å². The summed E-state index contributed by atoms with van der Waals surface area (Å²) >= 11 is 0. The van der Waals surface area contributed by atoms with Gasteiger partial charge in [-0.1, -0.05) is 6.07 Å². The van der Waals surface area contributed by atoms with Gasteiger partial charge in [-0.15, -0.1) is 0 Å². The van der Waals surface area contributed by atoms with Crippen LogP contribution in [0.4, 0.5) is 0 Å². The molecule has 0 spiro atoms. The third-order valence-electron chi connectivity index (χ3n) is 2.74. The summed E-state index contributed by atoms with van der Waals surface area (Å²) in [6, 6.07) is 3.72. The minimum Gasteiger partial charge on any atom is -0.495 e. The molecule has 16 heavy (non-hydrogen) atoms. The summed E-state index contributed by atoms with van der Waals surface area (Å²) < 4.78 is 7.02. The highest BCUT2D eigenvalue weighted by atomic mass is 16.5. The number of aromatic nitrogens is 1. The molecule has 0 amide bonds. The summed E-state index contributed by atoms with van der Waals surface area (Å²) in [5.74, 6) is -0.224. The number of hydrogen-bond acceptors (Lipinski definition) is 2. The van der Waals surface area contributed by atoms with E-state index in [1.54, 1.807) is 17.9 Å². The molecule has 0 unspecified atom stereocenters.